The number of nitrogens with zero attached hydrogens (tertiary/aromatic N) is 2. The molecule has 0 aliphatic carbocycles. The number of benzene rings is 3. The number of aromatic nitrogens is 2. The molecule has 6 heteroatoms. The normalized spacial score (nSPS) is 11.1. The first-order valence-corrected chi connectivity index (χ1v) is 10.7. The highest BCUT2D eigenvalue weighted by Crippen LogP contribution is 2.23. The fourth-order valence-electron chi connectivity index (χ4n) is 3.36. The first kappa shape index (κ1) is 21.8. The van der Waals surface area contributed by atoms with Crippen LogP contribution in [0.15, 0.2) is 97.2 Å². The van der Waals surface area contributed by atoms with E-state index in [4.69, 9.17) is 0 Å². The van der Waals surface area contributed by atoms with Gasteiger partial charge in [0.25, 0.3) is 11.8 Å². The minimum atomic E-state index is -0.392. The maximum atomic E-state index is 13.4. The Hall–Kier alpha value is -4.45. The van der Waals surface area contributed by atoms with E-state index >= 15 is 0 Å². The highest BCUT2D eigenvalue weighted by molar-refractivity contribution is 6.29. The lowest BCUT2D eigenvalue weighted by atomic mass is 10.0. The van der Waals surface area contributed by atoms with Crippen molar-refractivity contribution in [2.45, 2.75) is 13.5 Å². The molecule has 33 heavy (non-hydrogen) atoms. The zero-order valence-electron chi connectivity index (χ0n) is 18.2. The topological polar surface area (TPSA) is 76.0 Å². The van der Waals surface area contributed by atoms with Gasteiger partial charge in [-0.3, -0.25) is 14.3 Å². The zero-order chi connectivity index (χ0) is 23.0. The van der Waals surface area contributed by atoms with E-state index in [1.807, 2.05) is 91.9 Å². The fourth-order valence-corrected chi connectivity index (χ4v) is 3.36. The van der Waals surface area contributed by atoms with Crippen LogP contribution in [0.3, 0.4) is 0 Å². The van der Waals surface area contributed by atoms with Gasteiger partial charge >= 0.3 is 0 Å². The summed E-state index contributed by atoms with van der Waals surface area (Å²) in [5.41, 5.74) is 3.32. The second-order valence-electron chi connectivity index (χ2n) is 7.36. The van der Waals surface area contributed by atoms with Gasteiger partial charge in [-0.15, -0.1) is 0 Å². The predicted octanol–water partition coefficient (Wildman–Crippen LogP) is 5.33. The van der Waals surface area contributed by atoms with Gasteiger partial charge in [-0.25, -0.2) is 0 Å². The molecule has 0 atom stereocenters. The van der Waals surface area contributed by atoms with Crippen LogP contribution >= 0.6 is 0 Å². The standard InChI is InChI=1S/C27H24N4O2/c1-2-31-19-24(25(30-31)27(33)28-22-16-10-5-11-17-22)29-26(32)23(21-14-8-4-9-15-21)18-20-12-6-3-7-13-20/h3-19H,2H2,1H3,(H,28,33)(H,29,32)/b23-18-. The smallest absolute Gasteiger partial charge is 0.278 e. The maximum absolute atomic E-state index is 13.4. The van der Waals surface area contributed by atoms with Gasteiger partial charge in [0.2, 0.25) is 0 Å². The third kappa shape index (κ3) is 5.43. The summed E-state index contributed by atoms with van der Waals surface area (Å²) in [6.07, 6.45) is 3.50. The molecule has 0 spiro atoms. The van der Waals surface area contributed by atoms with E-state index in [0.717, 1.165) is 11.1 Å². The molecule has 0 aliphatic heterocycles. The summed E-state index contributed by atoms with van der Waals surface area (Å²) in [7, 11) is 0. The summed E-state index contributed by atoms with van der Waals surface area (Å²) in [5, 5.41) is 10.1. The van der Waals surface area contributed by atoms with E-state index in [0.29, 0.717) is 23.5 Å². The third-order valence-electron chi connectivity index (χ3n) is 5.02. The van der Waals surface area contributed by atoms with Crippen LogP contribution in [-0.2, 0) is 11.3 Å². The number of nitrogens with one attached hydrogen (secondary N) is 2. The molecule has 164 valence electrons. The molecule has 0 saturated carbocycles. The summed E-state index contributed by atoms with van der Waals surface area (Å²) in [6, 6.07) is 28.2. The van der Waals surface area contributed by atoms with E-state index in [1.165, 1.54) is 0 Å². The first-order valence-electron chi connectivity index (χ1n) is 10.7. The number of hydrogen-bond donors (Lipinski definition) is 2. The lowest BCUT2D eigenvalue weighted by Gasteiger charge is -2.10. The van der Waals surface area contributed by atoms with Crippen LogP contribution in [0, 0.1) is 0 Å². The Morgan fingerprint density at radius 3 is 2.09 bits per heavy atom. The quantitative estimate of drug-likeness (QED) is 0.303. The summed E-state index contributed by atoms with van der Waals surface area (Å²) in [6.45, 7) is 2.48. The number of carbonyl (C=O) groups excluding carboxylic acids is 2. The van der Waals surface area contributed by atoms with Gasteiger partial charge in [0.15, 0.2) is 5.69 Å². The second kappa shape index (κ2) is 10.2. The number of amides is 2. The van der Waals surface area contributed by atoms with Crippen LogP contribution in [0.1, 0.15) is 28.5 Å². The first-order chi connectivity index (χ1) is 16.1. The largest absolute Gasteiger partial charge is 0.321 e. The fraction of sp³-hybridized carbons (Fsp3) is 0.0741. The molecule has 2 N–H and O–H groups in total. The van der Waals surface area contributed by atoms with Crippen molar-refractivity contribution in [3.8, 4) is 0 Å². The Balaban J connectivity index is 1.65. The Kier molecular flexibility index (Phi) is 6.75. The zero-order valence-corrected chi connectivity index (χ0v) is 18.2. The van der Waals surface area contributed by atoms with Crippen molar-refractivity contribution >= 4 is 34.8 Å². The number of anilines is 2. The molecule has 0 aliphatic rings. The molecule has 3 aromatic carbocycles. The van der Waals surface area contributed by atoms with Gasteiger partial charge in [0.05, 0.1) is 5.69 Å². The van der Waals surface area contributed by atoms with E-state index in [2.05, 4.69) is 15.7 Å². The molecule has 0 bridgehead atoms. The highest BCUT2D eigenvalue weighted by atomic mass is 16.2. The number of para-hydroxylation sites is 1. The van der Waals surface area contributed by atoms with Gasteiger partial charge in [-0.2, -0.15) is 5.10 Å². The minimum Gasteiger partial charge on any atom is -0.321 e. The molecule has 0 radical (unpaired) electrons. The van der Waals surface area contributed by atoms with E-state index in [1.54, 1.807) is 23.0 Å². The summed E-state index contributed by atoms with van der Waals surface area (Å²) in [5.74, 6) is -0.716. The van der Waals surface area contributed by atoms with Crippen molar-refractivity contribution in [3.05, 3.63) is 114 Å². The van der Waals surface area contributed by atoms with Crippen LogP contribution in [-0.4, -0.2) is 21.6 Å². The lowest BCUT2D eigenvalue weighted by Crippen LogP contribution is -2.18. The summed E-state index contributed by atoms with van der Waals surface area (Å²) in [4.78, 5) is 26.3. The molecular weight excluding hydrogens is 412 g/mol. The van der Waals surface area contributed by atoms with Crippen molar-refractivity contribution in [1.29, 1.82) is 0 Å². The van der Waals surface area contributed by atoms with Crippen LogP contribution in [0.5, 0.6) is 0 Å². The molecular formula is C27H24N4O2. The van der Waals surface area contributed by atoms with Crippen molar-refractivity contribution in [2.75, 3.05) is 10.6 Å². The predicted molar refractivity (Wildman–Crippen MR) is 132 cm³/mol. The van der Waals surface area contributed by atoms with Gasteiger partial charge in [-0.1, -0.05) is 78.9 Å². The molecule has 2 amide bonds. The molecule has 0 fully saturated rings. The van der Waals surface area contributed by atoms with Crippen LogP contribution in [0.4, 0.5) is 11.4 Å². The number of aryl methyl sites for hydroxylation is 1. The highest BCUT2D eigenvalue weighted by Gasteiger charge is 2.21. The van der Waals surface area contributed by atoms with E-state index in [9.17, 15) is 9.59 Å². The van der Waals surface area contributed by atoms with Gasteiger partial charge < -0.3 is 10.6 Å². The third-order valence-corrected chi connectivity index (χ3v) is 5.02. The Morgan fingerprint density at radius 1 is 0.848 bits per heavy atom. The molecule has 1 aromatic heterocycles. The van der Waals surface area contributed by atoms with Gasteiger partial charge in [0, 0.05) is 24.0 Å². The molecule has 4 aromatic rings. The van der Waals surface area contributed by atoms with Crippen molar-refractivity contribution in [2.24, 2.45) is 0 Å². The molecule has 0 unspecified atom stereocenters. The average Bonchev–Trinajstić information content (AvgIpc) is 3.27. The minimum absolute atomic E-state index is 0.154. The average molecular weight is 437 g/mol. The lowest BCUT2D eigenvalue weighted by molar-refractivity contribution is -0.111. The number of hydrogen-bond acceptors (Lipinski definition) is 3. The van der Waals surface area contributed by atoms with Crippen LogP contribution < -0.4 is 10.6 Å². The Bertz CT molecular complexity index is 1260. The molecule has 4 rings (SSSR count). The summed E-state index contributed by atoms with van der Waals surface area (Å²) >= 11 is 0. The van der Waals surface area contributed by atoms with Crippen LogP contribution in [0.25, 0.3) is 11.6 Å². The van der Waals surface area contributed by atoms with Gasteiger partial charge in [-0.05, 0) is 36.3 Å². The molecule has 1 heterocycles. The van der Waals surface area contributed by atoms with Crippen LogP contribution in [0.2, 0.25) is 0 Å². The number of rotatable bonds is 7. The number of carbonyl (C=O) groups is 2. The second-order valence-corrected chi connectivity index (χ2v) is 7.36. The maximum Gasteiger partial charge on any atom is 0.278 e. The van der Waals surface area contributed by atoms with Crippen molar-refractivity contribution < 1.29 is 9.59 Å². The SMILES string of the molecule is CCn1cc(NC(=O)/C(=C\c2ccccc2)c2ccccc2)c(C(=O)Nc2ccccc2)n1. The van der Waals surface area contributed by atoms with Gasteiger partial charge in [0.1, 0.15) is 0 Å². The van der Waals surface area contributed by atoms with Crippen molar-refractivity contribution in [1.82, 2.24) is 9.78 Å². The Labute approximate surface area is 192 Å². The molecule has 0 saturated heterocycles. The van der Waals surface area contributed by atoms with E-state index < -0.39 is 5.91 Å². The molecule has 6 nitrogen and oxygen atoms in total. The Morgan fingerprint density at radius 2 is 1.45 bits per heavy atom. The van der Waals surface area contributed by atoms with Crippen molar-refractivity contribution in [3.63, 3.8) is 0 Å². The van der Waals surface area contributed by atoms with E-state index in [-0.39, 0.29) is 11.6 Å². The monoisotopic (exact) mass is 436 g/mol. The summed E-state index contributed by atoms with van der Waals surface area (Å²) < 4.78 is 1.62.